The van der Waals surface area contributed by atoms with Gasteiger partial charge in [0.2, 0.25) is 5.91 Å². The first-order valence-electron chi connectivity index (χ1n) is 10.9. The van der Waals surface area contributed by atoms with E-state index in [1.807, 2.05) is 18.7 Å². The molecule has 1 aromatic carbocycles. The average molecular weight is 430 g/mol. The zero-order chi connectivity index (χ0) is 22.5. The SMILES string of the molecule is COCCCN1C(=O)c2ccc(C(=O)N3CCCN(C(=O)CC(C)C)CC3)cc2C1=O. The van der Waals surface area contributed by atoms with Crippen LogP contribution in [0.1, 0.15) is 64.2 Å². The number of fused-ring (bicyclic) bond motifs is 1. The van der Waals surface area contributed by atoms with Crippen LogP contribution in [0.3, 0.4) is 0 Å². The van der Waals surface area contributed by atoms with Gasteiger partial charge in [-0.05, 0) is 37.0 Å². The molecule has 2 heterocycles. The highest BCUT2D eigenvalue weighted by atomic mass is 16.5. The van der Waals surface area contributed by atoms with Crippen LogP contribution in [0.15, 0.2) is 18.2 Å². The highest BCUT2D eigenvalue weighted by molar-refractivity contribution is 6.22. The average Bonchev–Trinajstić information content (AvgIpc) is 2.91. The molecule has 0 radical (unpaired) electrons. The number of nitrogens with zero attached hydrogens (tertiary/aromatic N) is 3. The second-order valence-corrected chi connectivity index (χ2v) is 8.49. The Kier molecular flexibility index (Phi) is 7.43. The number of hydrogen-bond donors (Lipinski definition) is 0. The van der Waals surface area contributed by atoms with E-state index in [2.05, 4.69) is 0 Å². The Bertz CT molecular complexity index is 867. The van der Waals surface area contributed by atoms with Crippen molar-refractivity contribution in [3.63, 3.8) is 0 Å². The highest BCUT2D eigenvalue weighted by Gasteiger charge is 2.36. The van der Waals surface area contributed by atoms with Crippen molar-refractivity contribution in [1.82, 2.24) is 14.7 Å². The zero-order valence-electron chi connectivity index (χ0n) is 18.6. The smallest absolute Gasteiger partial charge is 0.261 e. The van der Waals surface area contributed by atoms with Gasteiger partial charge in [0, 0.05) is 58.4 Å². The van der Waals surface area contributed by atoms with Crippen LogP contribution in [0.25, 0.3) is 0 Å². The molecule has 31 heavy (non-hydrogen) atoms. The lowest BCUT2D eigenvalue weighted by molar-refractivity contribution is -0.131. The molecule has 0 spiro atoms. The fraction of sp³-hybridized carbons (Fsp3) is 0.565. The summed E-state index contributed by atoms with van der Waals surface area (Å²) >= 11 is 0. The molecule has 0 saturated carbocycles. The fourth-order valence-electron chi connectivity index (χ4n) is 4.02. The third kappa shape index (κ3) is 5.12. The van der Waals surface area contributed by atoms with Crippen LogP contribution in [-0.4, -0.2) is 84.8 Å². The maximum Gasteiger partial charge on any atom is 0.261 e. The molecule has 8 heteroatoms. The van der Waals surface area contributed by atoms with Crippen LogP contribution in [0, 0.1) is 5.92 Å². The minimum absolute atomic E-state index is 0.125. The minimum atomic E-state index is -0.368. The molecule has 0 N–H and O–H groups in total. The molecule has 1 saturated heterocycles. The molecule has 2 aliphatic rings. The summed E-state index contributed by atoms with van der Waals surface area (Å²) in [5.74, 6) is -0.455. The Morgan fingerprint density at radius 2 is 1.68 bits per heavy atom. The van der Waals surface area contributed by atoms with Crippen LogP contribution >= 0.6 is 0 Å². The summed E-state index contributed by atoms with van der Waals surface area (Å²) < 4.78 is 4.99. The Morgan fingerprint density at radius 3 is 2.39 bits per heavy atom. The molecule has 4 amide bonds. The van der Waals surface area contributed by atoms with Crippen LogP contribution < -0.4 is 0 Å². The summed E-state index contributed by atoms with van der Waals surface area (Å²) in [6.45, 7) is 6.94. The Labute approximate surface area is 183 Å². The number of carbonyl (C=O) groups is 4. The standard InChI is InChI=1S/C23H31N3O5/c1-16(2)14-20(27)24-8-4-9-25(12-11-24)21(28)17-6-7-18-19(15-17)23(30)26(22(18)29)10-5-13-31-3/h6-7,15-16H,4-5,8-14H2,1-3H3. The van der Waals surface area contributed by atoms with Crippen LogP contribution in [-0.2, 0) is 9.53 Å². The molecule has 3 rings (SSSR count). The highest BCUT2D eigenvalue weighted by Crippen LogP contribution is 2.25. The van der Waals surface area contributed by atoms with E-state index >= 15 is 0 Å². The second-order valence-electron chi connectivity index (χ2n) is 8.49. The third-order valence-electron chi connectivity index (χ3n) is 5.67. The molecular formula is C23H31N3O5. The summed E-state index contributed by atoms with van der Waals surface area (Å²) in [5, 5.41) is 0. The first kappa shape index (κ1) is 22.9. The predicted molar refractivity (Wildman–Crippen MR) is 115 cm³/mol. The Hall–Kier alpha value is -2.74. The second kappa shape index (κ2) is 10.0. The van der Waals surface area contributed by atoms with Crippen molar-refractivity contribution >= 4 is 23.6 Å². The van der Waals surface area contributed by atoms with E-state index in [-0.39, 0.29) is 35.7 Å². The van der Waals surface area contributed by atoms with E-state index in [1.165, 1.54) is 11.0 Å². The molecule has 2 aliphatic heterocycles. The van der Waals surface area contributed by atoms with Crippen LogP contribution in [0.5, 0.6) is 0 Å². The zero-order valence-corrected chi connectivity index (χ0v) is 18.6. The number of hydrogen-bond acceptors (Lipinski definition) is 5. The topological polar surface area (TPSA) is 87.2 Å². The molecule has 0 aliphatic carbocycles. The summed E-state index contributed by atoms with van der Waals surface area (Å²) in [6.07, 6.45) is 1.79. The summed E-state index contributed by atoms with van der Waals surface area (Å²) in [7, 11) is 1.57. The van der Waals surface area contributed by atoms with Gasteiger partial charge in [-0.1, -0.05) is 13.8 Å². The van der Waals surface area contributed by atoms with Crippen molar-refractivity contribution in [3.8, 4) is 0 Å². The molecule has 0 bridgehead atoms. The molecule has 0 unspecified atom stereocenters. The van der Waals surface area contributed by atoms with Crippen molar-refractivity contribution in [1.29, 1.82) is 0 Å². The van der Waals surface area contributed by atoms with Gasteiger partial charge >= 0.3 is 0 Å². The van der Waals surface area contributed by atoms with E-state index in [0.717, 1.165) is 0 Å². The molecule has 168 valence electrons. The van der Waals surface area contributed by atoms with Gasteiger partial charge in [-0.3, -0.25) is 24.1 Å². The summed E-state index contributed by atoms with van der Waals surface area (Å²) in [4.78, 5) is 55.5. The van der Waals surface area contributed by atoms with Gasteiger partial charge in [0.05, 0.1) is 11.1 Å². The van der Waals surface area contributed by atoms with Crippen molar-refractivity contribution in [2.75, 3.05) is 46.4 Å². The number of ether oxygens (including phenoxy) is 1. The normalized spacial score (nSPS) is 16.7. The monoisotopic (exact) mass is 429 g/mol. The molecule has 0 aromatic heterocycles. The van der Waals surface area contributed by atoms with Crippen molar-refractivity contribution < 1.29 is 23.9 Å². The maximum atomic E-state index is 13.1. The van der Waals surface area contributed by atoms with Gasteiger partial charge in [-0.2, -0.15) is 0 Å². The third-order valence-corrected chi connectivity index (χ3v) is 5.67. The van der Waals surface area contributed by atoms with E-state index in [1.54, 1.807) is 24.1 Å². The predicted octanol–water partition coefficient (Wildman–Crippen LogP) is 2.04. The lowest BCUT2D eigenvalue weighted by Gasteiger charge is -2.23. The van der Waals surface area contributed by atoms with E-state index in [0.29, 0.717) is 69.1 Å². The van der Waals surface area contributed by atoms with Gasteiger partial charge in [-0.25, -0.2) is 0 Å². The minimum Gasteiger partial charge on any atom is -0.385 e. The molecule has 0 atom stereocenters. The van der Waals surface area contributed by atoms with E-state index in [9.17, 15) is 19.2 Å². The Balaban J connectivity index is 1.68. The summed E-state index contributed by atoms with van der Waals surface area (Å²) in [5.41, 5.74) is 0.998. The van der Waals surface area contributed by atoms with E-state index in [4.69, 9.17) is 4.74 Å². The lowest BCUT2D eigenvalue weighted by atomic mass is 10.0. The first-order valence-corrected chi connectivity index (χ1v) is 10.9. The number of methoxy groups -OCH3 is 1. The largest absolute Gasteiger partial charge is 0.385 e. The number of benzene rings is 1. The quantitative estimate of drug-likeness (QED) is 0.489. The summed E-state index contributed by atoms with van der Waals surface area (Å²) in [6, 6.07) is 4.70. The Morgan fingerprint density at radius 1 is 1.00 bits per heavy atom. The number of carbonyl (C=O) groups excluding carboxylic acids is 4. The number of rotatable bonds is 7. The fourth-order valence-corrected chi connectivity index (χ4v) is 4.02. The molecule has 8 nitrogen and oxygen atoms in total. The van der Waals surface area contributed by atoms with Gasteiger partial charge in [-0.15, -0.1) is 0 Å². The van der Waals surface area contributed by atoms with Crippen LogP contribution in [0.2, 0.25) is 0 Å². The van der Waals surface area contributed by atoms with Crippen molar-refractivity contribution in [2.45, 2.75) is 33.1 Å². The van der Waals surface area contributed by atoms with Gasteiger partial charge in [0.1, 0.15) is 0 Å². The number of amides is 4. The van der Waals surface area contributed by atoms with Crippen LogP contribution in [0.4, 0.5) is 0 Å². The van der Waals surface area contributed by atoms with Gasteiger partial charge < -0.3 is 14.5 Å². The van der Waals surface area contributed by atoms with Gasteiger partial charge in [0.25, 0.3) is 17.7 Å². The maximum absolute atomic E-state index is 13.1. The van der Waals surface area contributed by atoms with Crippen molar-refractivity contribution in [3.05, 3.63) is 34.9 Å². The molecule has 1 aromatic rings. The first-order chi connectivity index (χ1) is 14.8. The van der Waals surface area contributed by atoms with Crippen molar-refractivity contribution in [2.24, 2.45) is 5.92 Å². The lowest BCUT2D eigenvalue weighted by Crippen LogP contribution is -2.37. The van der Waals surface area contributed by atoms with E-state index < -0.39 is 0 Å². The van der Waals surface area contributed by atoms with Gasteiger partial charge in [0.15, 0.2) is 0 Å². The molecular weight excluding hydrogens is 398 g/mol. The molecule has 1 fully saturated rings. The number of imide groups is 1.